The van der Waals surface area contributed by atoms with Crippen LogP contribution in [0.3, 0.4) is 0 Å². The van der Waals surface area contributed by atoms with E-state index in [0.717, 1.165) is 24.7 Å². The molecule has 1 aliphatic rings. The number of hydrogen-bond donors (Lipinski definition) is 1. The number of aromatic nitrogens is 1. The number of pyridine rings is 1. The molecule has 1 heterocycles. The fourth-order valence-electron chi connectivity index (χ4n) is 3.53. The fraction of sp³-hybridized carbons (Fsp3) is 0.667. The minimum Gasteiger partial charge on any atom is -0.329 e. The predicted octanol–water partition coefficient (Wildman–Crippen LogP) is 2.42. The largest absolute Gasteiger partial charge is 0.329 e. The van der Waals surface area contributed by atoms with Crippen LogP contribution in [-0.2, 0) is 6.54 Å². The molecule has 3 heteroatoms. The molecule has 0 aromatic carbocycles. The SMILES string of the molecule is CCC1CCCC1(CN)N(C)Cc1ccccn1. The molecule has 0 aliphatic heterocycles. The lowest BCUT2D eigenvalue weighted by Crippen LogP contribution is -2.54. The second-order valence-electron chi connectivity index (χ2n) is 5.48. The van der Waals surface area contributed by atoms with Gasteiger partial charge in [0.25, 0.3) is 0 Å². The summed E-state index contributed by atoms with van der Waals surface area (Å²) < 4.78 is 0. The number of likely N-dealkylation sites (N-methyl/N-ethyl adjacent to an activating group) is 1. The van der Waals surface area contributed by atoms with Crippen LogP contribution in [0, 0.1) is 5.92 Å². The molecule has 18 heavy (non-hydrogen) atoms. The molecule has 1 aromatic rings. The van der Waals surface area contributed by atoms with Crippen LogP contribution in [0.4, 0.5) is 0 Å². The second kappa shape index (κ2) is 5.81. The van der Waals surface area contributed by atoms with Gasteiger partial charge in [0.2, 0.25) is 0 Å². The molecule has 1 saturated carbocycles. The fourth-order valence-corrected chi connectivity index (χ4v) is 3.53. The van der Waals surface area contributed by atoms with E-state index in [9.17, 15) is 0 Å². The Morgan fingerprint density at radius 3 is 2.94 bits per heavy atom. The number of rotatable bonds is 5. The summed E-state index contributed by atoms with van der Waals surface area (Å²) in [5, 5.41) is 0. The van der Waals surface area contributed by atoms with Crippen LogP contribution in [0.5, 0.6) is 0 Å². The molecule has 1 fully saturated rings. The summed E-state index contributed by atoms with van der Waals surface area (Å²) in [7, 11) is 2.20. The first-order valence-corrected chi connectivity index (χ1v) is 7.04. The monoisotopic (exact) mass is 247 g/mol. The summed E-state index contributed by atoms with van der Waals surface area (Å²) in [6.45, 7) is 3.94. The summed E-state index contributed by atoms with van der Waals surface area (Å²) >= 11 is 0. The molecule has 3 nitrogen and oxygen atoms in total. The van der Waals surface area contributed by atoms with E-state index in [1.165, 1.54) is 25.7 Å². The van der Waals surface area contributed by atoms with Crippen molar-refractivity contribution in [2.24, 2.45) is 11.7 Å². The Balaban J connectivity index is 2.12. The van der Waals surface area contributed by atoms with Crippen molar-refractivity contribution >= 4 is 0 Å². The number of nitrogens with zero attached hydrogens (tertiary/aromatic N) is 2. The minimum atomic E-state index is 0.187. The molecule has 2 unspecified atom stereocenters. The molecule has 2 atom stereocenters. The molecule has 1 aromatic heterocycles. The summed E-state index contributed by atoms with van der Waals surface area (Å²) in [6.07, 6.45) is 6.95. The molecule has 0 amide bonds. The Hall–Kier alpha value is -0.930. The van der Waals surface area contributed by atoms with Crippen LogP contribution in [0.15, 0.2) is 24.4 Å². The minimum absolute atomic E-state index is 0.187. The molecule has 2 N–H and O–H groups in total. The van der Waals surface area contributed by atoms with Crippen molar-refractivity contribution < 1.29 is 0 Å². The highest BCUT2D eigenvalue weighted by Crippen LogP contribution is 2.41. The molecule has 0 radical (unpaired) electrons. The third-order valence-electron chi connectivity index (χ3n) is 4.65. The van der Waals surface area contributed by atoms with E-state index >= 15 is 0 Å². The first kappa shape index (κ1) is 13.5. The molecular weight excluding hydrogens is 222 g/mol. The quantitative estimate of drug-likeness (QED) is 0.869. The molecule has 100 valence electrons. The number of nitrogens with two attached hydrogens (primary N) is 1. The van der Waals surface area contributed by atoms with Crippen molar-refractivity contribution in [1.82, 2.24) is 9.88 Å². The van der Waals surface area contributed by atoms with Crippen molar-refractivity contribution in [3.05, 3.63) is 30.1 Å². The molecule has 0 bridgehead atoms. The van der Waals surface area contributed by atoms with E-state index in [0.29, 0.717) is 0 Å². The van der Waals surface area contributed by atoms with E-state index in [2.05, 4.69) is 36.0 Å². The number of hydrogen-bond acceptors (Lipinski definition) is 3. The molecule has 2 rings (SSSR count). The van der Waals surface area contributed by atoms with Gasteiger partial charge < -0.3 is 5.73 Å². The van der Waals surface area contributed by atoms with Crippen LogP contribution < -0.4 is 5.73 Å². The zero-order valence-corrected chi connectivity index (χ0v) is 11.6. The summed E-state index contributed by atoms with van der Waals surface area (Å²) in [5.74, 6) is 0.733. The van der Waals surface area contributed by atoms with Gasteiger partial charge in [0.1, 0.15) is 0 Å². The van der Waals surface area contributed by atoms with Crippen LogP contribution in [-0.4, -0.2) is 29.0 Å². The van der Waals surface area contributed by atoms with Gasteiger partial charge in [-0.15, -0.1) is 0 Å². The Kier molecular flexibility index (Phi) is 4.36. The maximum Gasteiger partial charge on any atom is 0.0544 e. The third kappa shape index (κ3) is 2.43. The van der Waals surface area contributed by atoms with E-state index in [4.69, 9.17) is 5.73 Å². The van der Waals surface area contributed by atoms with Gasteiger partial charge in [0.05, 0.1) is 5.69 Å². The summed E-state index contributed by atoms with van der Waals surface area (Å²) in [4.78, 5) is 6.86. The van der Waals surface area contributed by atoms with E-state index in [-0.39, 0.29) is 5.54 Å². The van der Waals surface area contributed by atoms with Crippen LogP contribution >= 0.6 is 0 Å². The highest BCUT2D eigenvalue weighted by Gasteiger charge is 2.43. The topological polar surface area (TPSA) is 42.1 Å². The van der Waals surface area contributed by atoms with Gasteiger partial charge in [-0.3, -0.25) is 9.88 Å². The Morgan fingerprint density at radius 1 is 1.50 bits per heavy atom. The van der Waals surface area contributed by atoms with Crippen LogP contribution in [0.1, 0.15) is 38.3 Å². The smallest absolute Gasteiger partial charge is 0.0544 e. The first-order valence-electron chi connectivity index (χ1n) is 7.04. The zero-order chi connectivity index (χ0) is 13.0. The zero-order valence-electron chi connectivity index (χ0n) is 11.6. The van der Waals surface area contributed by atoms with Crippen molar-refractivity contribution in [2.45, 2.75) is 44.7 Å². The average molecular weight is 247 g/mol. The van der Waals surface area contributed by atoms with Gasteiger partial charge in [-0.25, -0.2) is 0 Å². The molecule has 0 spiro atoms. The van der Waals surface area contributed by atoms with Gasteiger partial charge in [-0.05, 0) is 37.9 Å². The van der Waals surface area contributed by atoms with Crippen LogP contribution in [0.25, 0.3) is 0 Å². The third-order valence-corrected chi connectivity index (χ3v) is 4.65. The van der Waals surface area contributed by atoms with E-state index < -0.39 is 0 Å². The molecular formula is C15H25N3. The van der Waals surface area contributed by atoms with E-state index in [1.807, 2.05) is 12.3 Å². The predicted molar refractivity (Wildman–Crippen MR) is 75.1 cm³/mol. The Bertz CT molecular complexity index is 365. The van der Waals surface area contributed by atoms with Crippen LogP contribution in [0.2, 0.25) is 0 Å². The van der Waals surface area contributed by atoms with Crippen molar-refractivity contribution in [1.29, 1.82) is 0 Å². The highest BCUT2D eigenvalue weighted by atomic mass is 15.2. The van der Waals surface area contributed by atoms with Crippen molar-refractivity contribution in [2.75, 3.05) is 13.6 Å². The normalized spacial score (nSPS) is 27.9. The van der Waals surface area contributed by atoms with E-state index in [1.54, 1.807) is 0 Å². The van der Waals surface area contributed by atoms with Gasteiger partial charge in [-0.1, -0.05) is 25.8 Å². The lowest BCUT2D eigenvalue weighted by Gasteiger charge is -2.42. The van der Waals surface area contributed by atoms with Gasteiger partial charge in [0, 0.05) is 24.8 Å². The van der Waals surface area contributed by atoms with Crippen molar-refractivity contribution in [3.63, 3.8) is 0 Å². The summed E-state index contributed by atoms with van der Waals surface area (Å²) in [5.41, 5.74) is 7.45. The first-order chi connectivity index (χ1) is 8.73. The Morgan fingerprint density at radius 2 is 2.33 bits per heavy atom. The summed E-state index contributed by atoms with van der Waals surface area (Å²) in [6, 6.07) is 6.11. The second-order valence-corrected chi connectivity index (χ2v) is 5.48. The maximum absolute atomic E-state index is 6.13. The Labute approximate surface area is 110 Å². The maximum atomic E-state index is 6.13. The molecule has 1 aliphatic carbocycles. The van der Waals surface area contributed by atoms with Gasteiger partial charge in [0.15, 0.2) is 0 Å². The molecule has 0 saturated heterocycles. The average Bonchev–Trinajstić information content (AvgIpc) is 2.84. The lowest BCUT2D eigenvalue weighted by atomic mass is 9.83. The highest BCUT2D eigenvalue weighted by molar-refractivity contribution is 5.07. The van der Waals surface area contributed by atoms with Gasteiger partial charge in [-0.2, -0.15) is 0 Å². The lowest BCUT2D eigenvalue weighted by molar-refractivity contribution is 0.0735. The standard InChI is InChI=1S/C15H25N3/c1-3-13-7-6-9-15(13,12-16)18(2)11-14-8-4-5-10-17-14/h4-5,8,10,13H,3,6-7,9,11-12,16H2,1-2H3. The van der Waals surface area contributed by atoms with Gasteiger partial charge >= 0.3 is 0 Å². The van der Waals surface area contributed by atoms with Crippen molar-refractivity contribution in [3.8, 4) is 0 Å².